The molecule has 1 heterocycles. The van der Waals surface area contributed by atoms with E-state index in [2.05, 4.69) is 34.1 Å². The molecule has 0 aliphatic carbocycles. The van der Waals surface area contributed by atoms with Crippen molar-refractivity contribution < 1.29 is 13.2 Å². The van der Waals surface area contributed by atoms with Gasteiger partial charge in [-0.15, -0.1) is 10.2 Å². The van der Waals surface area contributed by atoms with E-state index in [0.29, 0.717) is 21.6 Å². The molecule has 0 spiro atoms. The SMILES string of the molecule is CC(C)Sc1nnc(NC(=O)c2ccc(NS(C)(=O)=O)cc2)s1. The molecule has 124 valence electrons. The minimum absolute atomic E-state index is 0.326. The number of benzene rings is 1. The maximum atomic E-state index is 12.1. The van der Waals surface area contributed by atoms with Gasteiger partial charge in [-0.3, -0.25) is 14.8 Å². The highest BCUT2D eigenvalue weighted by Gasteiger charge is 2.12. The van der Waals surface area contributed by atoms with E-state index in [9.17, 15) is 13.2 Å². The Bertz CT molecular complexity index is 785. The summed E-state index contributed by atoms with van der Waals surface area (Å²) >= 11 is 2.89. The second-order valence-electron chi connectivity index (χ2n) is 4.95. The Morgan fingerprint density at radius 1 is 1.22 bits per heavy atom. The van der Waals surface area contributed by atoms with Gasteiger partial charge >= 0.3 is 0 Å². The van der Waals surface area contributed by atoms with Gasteiger partial charge < -0.3 is 0 Å². The fraction of sp³-hybridized carbons (Fsp3) is 0.308. The smallest absolute Gasteiger partial charge is 0.257 e. The molecule has 1 amide bonds. The number of anilines is 2. The van der Waals surface area contributed by atoms with E-state index >= 15 is 0 Å². The largest absolute Gasteiger partial charge is 0.296 e. The van der Waals surface area contributed by atoms with Crippen molar-refractivity contribution in [2.24, 2.45) is 0 Å². The quantitative estimate of drug-likeness (QED) is 0.597. The van der Waals surface area contributed by atoms with Gasteiger partial charge in [-0.05, 0) is 24.3 Å². The van der Waals surface area contributed by atoms with Crippen LogP contribution in [0.15, 0.2) is 28.6 Å². The molecule has 0 atom stereocenters. The maximum Gasteiger partial charge on any atom is 0.257 e. The van der Waals surface area contributed by atoms with Crippen LogP contribution in [0.4, 0.5) is 10.8 Å². The minimum atomic E-state index is -3.34. The van der Waals surface area contributed by atoms with E-state index in [4.69, 9.17) is 0 Å². The number of sulfonamides is 1. The summed E-state index contributed by atoms with van der Waals surface area (Å²) in [5, 5.41) is 11.4. The molecule has 7 nitrogen and oxygen atoms in total. The van der Waals surface area contributed by atoms with Crippen molar-refractivity contribution in [3.8, 4) is 0 Å². The van der Waals surface area contributed by atoms with Gasteiger partial charge in [0.2, 0.25) is 15.2 Å². The summed E-state index contributed by atoms with van der Waals surface area (Å²) in [5.74, 6) is -0.326. The van der Waals surface area contributed by atoms with Gasteiger partial charge in [0.15, 0.2) is 4.34 Å². The van der Waals surface area contributed by atoms with Crippen molar-refractivity contribution in [3.05, 3.63) is 29.8 Å². The van der Waals surface area contributed by atoms with Crippen LogP contribution in [0.3, 0.4) is 0 Å². The molecule has 0 saturated heterocycles. The predicted molar refractivity (Wildman–Crippen MR) is 93.8 cm³/mol. The number of nitrogens with zero attached hydrogens (tertiary/aromatic N) is 2. The first-order valence-corrected chi connectivity index (χ1v) is 10.2. The van der Waals surface area contributed by atoms with Crippen LogP contribution in [0, 0.1) is 0 Å². The number of rotatable bonds is 6. The first kappa shape index (κ1) is 17.7. The zero-order valence-electron chi connectivity index (χ0n) is 12.7. The van der Waals surface area contributed by atoms with E-state index in [1.165, 1.54) is 35.6 Å². The lowest BCUT2D eigenvalue weighted by atomic mass is 10.2. The molecule has 0 bridgehead atoms. The molecule has 1 aromatic carbocycles. The van der Waals surface area contributed by atoms with Crippen molar-refractivity contribution in [1.29, 1.82) is 0 Å². The summed E-state index contributed by atoms with van der Waals surface area (Å²) in [6.07, 6.45) is 1.07. The maximum absolute atomic E-state index is 12.1. The van der Waals surface area contributed by atoms with Gasteiger partial charge in [-0.2, -0.15) is 0 Å². The van der Waals surface area contributed by atoms with Crippen LogP contribution >= 0.6 is 23.1 Å². The fourth-order valence-electron chi connectivity index (χ4n) is 1.58. The topological polar surface area (TPSA) is 101 Å². The molecule has 0 radical (unpaired) electrons. The van der Waals surface area contributed by atoms with E-state index in [-0.39, 0.29) is 5.91 Å². The third-order valence-electron chi connectivity index (χ3n) is 2.41. The van der Waals surface area contributed by atoms with Gasteiger partial charge in [0, 0.05) is 16.5 Å². The van der Waals surface area contributed by atoms with Crippen molar-refractivity contribution in [2.45, 2.75) is 23.4 Å². The molecule has 2 rings (SSSR count). The molecule has 0 unspecified atom stereocenters. The standard InChI is InChI=1S/C13H16N4O3S3/c1-8(2)21-13-16-15-12(22-13)14-11(18)9-4-6-10(7-5-9)17-23(3,19)20/h4-8,17H,1-3H3,(H,14,15,18). The zero-order valence-corrected chi connectivity index (χ0v) is 15.2. The molecule has 0 aliphatic heterocycles. The van der Waals surface area contributed by atoms with Gasteiger partial charge in [-0.1, -0.05) is 36.9 Å². The Hall–Kier alpha value is -1.65. The molecule has 0 fully saturated rings. The first-order valence-electron chi connectivity index (χ1n) is 6.62. The number of nitrogens with one attached hydrogen (secondary N) is 2. The highest BCUT2D eigenvalue weighted by Crippen LogP contribution is 2.28. The molecule has 2 N–H and O–H groups in total. The van der Waals surface area contributed by atoms with Crippen LogP contribution in [0.2, 0.25) is 0 Å². The summed E-state index contributed by atoms with van der Waals surface area (Å²) in [7, 11) is -3.34. The molecule has 2 aromatic rings. The van der Waals surface area contributed by atoms with Crippen LogP contribution in [0.25, 0.3) is 0 Å². The number of amides is 1. The van der Waals surface area contributed by atoms with Crippen LogP contribution in [0.5, 0.6) is 0 Å². The molecular weight excluding hydrogens is 356 g/mol. The minimum Gasteiger partial charge on any atom is -0.296 e. The first-order chi connectivity index (χ1) is 10.7. The van der Waals surface area contributed by atoms with Crippen molar-refractivity contribution in [1.82, 2.24) is 10.2 Å². The lowest BCUT2D eigenvalue weighted by Crippen LogP contribution is -2.12. The Kier molecular flexibility index (Phi) is 5.60. The highest BCUT2D eigenvalue weighted by atomic mass is 32.2. The molecule has 0 saturated carbocycles. The van der Waals surface area contributed by atoms with Gasteiger partial charge in [-0.25, -0.2) is 8.42 Å². The van der Waals surface area contributed by atoms with Gasteiger partial charge in [0.1, 0.15) is 0 Å². The Morgan fingerprint density at radius 2 is 1.87 bits per heavy atom. The molecule has 23 heavy (non-hydrogen) atoms. The number of carbonyl (C=O) groups is 1. The zero-order chi connectivity index (χ0) is 17.0. The highest BCUT2D eigenvalue weighted by molar-refractivity contribution is 8.01. The van der Waals surface area contributed by atoms with Gasteiger partial charge in [0.25, 0.3) is 5.91 Å². The Balaban J connectivity index is 2.01. The van der Waals surface area contributed by atoms with E-state index < -0.39 is 10.0 Å². The summed E-state index contributed by atoms with van der Waals surface area (Å²) in [5.41, 5.74) is 0.799. The van der Waals surface area contributed by atoms with Crippen LogP contribution in [-0.2, 0) is 10.0 Å². The third kappa shape index (κ3) is 5.81. The average molecular weight is 372 g/mol. The summed E-state index contributed by atoms with van der Waals surface area (Å²) in [4.78, 5) is 12.1. The predicted octanol–water partition coefficient (Wildman–Crippen LogP) is 2.66. The van der Waals surface area contributed by atoms with Crippen molar-refractivity contribution >= 4 is 49.8 Å². The van der Waals surface area contributed by atoms with Gasteiger partial charge in [0.05, 0.1) is 6.26 Å². The Morgan fingerprint density at radius 3 is 2.43 bits per heavy atom. The fourth-order valence-corrected chi connectivity index (χ4v) is 4.12. The molecule has 1 aromatic heterocycles. The monoisotopic (exact) mass is 372 g/mol. The average Bonchev–Trinajstić information content (AvgIpc) is 2.84. The number of thioether (sulfide) groups is 1. The second-order valence-corrected chi connectivity index (χ2v) is 9.50. The number of hydrogen-bond acceptors (Lipinski definition) is 7. The second kappa shape index (κ2) is 7.28. The van der Waals surface area contributed by atoms with Crippen LogP contribution in [0.1, 0.15) is 24.2 Å². The molecular formula is C13H16N4O3S3. The number of aromatic nitrogens is 2. The van der Waals surface area contributed by atoms with Crippen molar-refractivity contribution in [3.63, 3.8) is 0 Å². The van der Waals surface area contributed by atoms with E-state index in [0.717, 1.165) is 10.6 Å². The van der Waals surface area contributed by atoms with E-state index in [1.54, 1.807) is 11.8 Å². The Labute approximate surface area is 143 Å². The van der Waals surface area contributed by atoms with Crippen LogP contribution < -0.4 is 10.0 Å². The lowest BCUT2D eigenvalue weighted by Gasteiger charge is -2.05. The summed E-state index contributed by atoms with van der Waals surface area (Å²) in [6.45, 7) is 4.10. The summed E-state index contributed by atoms with van der Waals surface area (Å²) in [6, 6.07) is 6.12. The number of hydrogen-bond donors (Lipinski definition) is 2. The molecule has 10 heteroatoms. The summed E-state index contributed by atoms with van der Waals surface area (Å²) < 4.78 is 25.4. The van der Waals surface area contributed by atoms with E-state index in [1.807, 2.05) is 0 Å². The molecule has 0 aliphatic rings. The number of carbonyl (C=O) groups excluding carboxylic acids is 1. The normalized spacial score (nSPS) is 11.5. The van der Waals surface area contributed by atoms with Crippen LogP contribution in [-0.4, -0.2) is 36.0 Å². The third-order valence-corrected chi connectivity index (χ3v) is 4.95. The van der Waals surface area contributed by atoms with Crippen molar-refractivity contribution in [2.75, 3.05) is 16.3 Å². The lowest BCUT2D eigenvalue weighted by molar-refractivity contribution is 0.102.